The van der Waals surface area contributed by atoms with E-state index in [0.29, 0.717) is 24.3 Å². The van der Waals surface area contributed by atoms with Crippen LogP contribution in [0.25, 0.3) is 0 Å². The maximum absolute atomic E-state index is 12.3. The van der Waals surface area contributed by atoms with Crippen LogP contribution in [0.4, 0.5) is 5.69 Å². The Morgan fingerprint density at radius 2 is 2.05 bits per heavy atom. The molecule has 116 valence electrons. The Kier molecular flexibility index (Phi) is 5.96. The van der Waals surface area contributed by atoms with Gasteiger partial charge in [0.2, 0.25) is 0 Å². The highest BCUT2D eigenvalue weighted by atomic mass is 35.5. The van der Waals surface area contributed by atoms with Gasteiger partial charge in [0.25, 0.3) is 5.91 Å². The Bertz CT molecular complexity index is 521. The Morgan fingerprint density at radius 3 is 2.48 bits per heavy atom. The van der Waals surface area contributed by atoms with Crippen molar-refractivity contribution in [3.8, 4) is 5.75 Å². The zero-order valence-electron chi connectivity index (χ0n) is 12.3. The predicted octanol–water partition coefficient (Wildman–Crippen LogP) is 3.13. The maximum atomic E-state index is 12.3. The number of benzene rings is 1. The lowest BCUT2D eigenvalue weighted by Crippen LogP contribution is -2.49. The van der Waals surface area contributed by atoms with Gasteiger partial charge in [-0.2, -0.15) is 0 Å². The molecule has 0 spiro atoms. The summed E-state index contributed by atoms with van der Waals surface area (Å²) < 4.78 is 4.96. The lowest BCUT2D eigenvalue weighted by molar-refractivity contribution is -0.385. The van der Waals surface area contributed by atoms with Gasteiger partial charge in [0.1, 0.15) is 0 Å². The van der Waals surface area contributed by atoms with Crippen molar-refractivity contribution in [1.82, 2.24) is 5.32 Å². The predicted molar refractivity (Wildman–Crippen MR) is 81.1 cm³/mol. The number of halogens is 1. The monoisotopic (exact) mass is 314 g/mol. The molecule has 0 saturated heterocycles. The average Bonchev–Trinajstić information content (AvgIpc) is 2.51. The number of nitro groups is 1. The Morgan fingerprint density at radius 1 is 1.43 bits per heavy atom. The summed E-state index contributed by atoms with van der Waals surface area (Å²) in [5, 5.41) is 13.7. The minimum atomic E-state index is -0.554. The number of alkyl halides is 1. The molecule has 0 unspecified atom stereocenters. The number of carbonyl (C=O) groups excluding carboxylic acids is 1. The van der Waals surface area contributed by atoms with Crippen LogP contribution in [-0.4, -0.2) is 29.4 Å². The highest BCUT2D eigenvalue weighted by Crippen LogP contribution is 2.28. The first-order valence-corrected chi connectivity index (χ1v) is 7.17. The average molecular weight is 315 g/mol. The topological polar surface area (TPSA) is 81.5 Å². The van der Waals surface area contributed by atoms with Gasteiger partial charge in [0, 0.05) is 23.6 Å². The van der Waals surface area contributed by atoms with E-state index in [9.17, 15) is 14.9 Å². The van der Waals surface area contributed by atoms with E-state index in [1.54, 1.807) is 0 Å². The smallest absolute Gasteiger partial charge is 0.310 e. The Balaban J connectivity index is 3.06. The van der Waals surface area contributed by atoms with Crippen LogP contribution in [-0.2, 0) is 0 Å². The molecule has 0 aromatic heterocycles. The van der Waals surface area contributed by atoms with Gasteiger partial charge in [-0.25, -0.2) is 0 Å². The normalized spacial score (nSPS) is 11.0. The molecule has 0 saturated carbocycles. The summed E-state index contributed by atoms with van der Waals surface area (Å²) in [6.45, 7) is 3.89. The third-order valence-corrected chi connectivity index (χ3v) is 4.14. The third-order valence-electron chi connectivity index (χ3n) is 3.63. The molecule has 0 radical (unpaired) electrons. The number of nitrogens with zero attached hydrogens (tertiary/aromatic N) is 1. The molecular formula is C14H19ClN2O4. The molecule has 21 heavy (non-hydrogen) atoms. The molecule has 7 heteroatoms. The first kappa shape index (κ1) is 17.2. The van der Waals surface area contributed by atoms with Crippen molar-refractivity contribution in [3.63, 3.8) is 0 Å². The van der Waals surface area contributed by atoms with Gasteiger partial charge in [0.15, 0.2) is 5.75 Å². The zero-order valence-corrected chi connectivity index (χ0v) is 13.1. The maximum Gasteiger partial charge on any atom is 0.310 e. The second-order valence-electron chi connectivity index (χ2n) is 4.72. The minimum Gasteiger partial charge on any atom is -0.490 e. The molecule has 1 rings (SSSR count). The summed E-state index contributed by atoms with van der Waals surface area (Å²) >= 11 is 5.95. The molecule has 1 amide bonds. The lowest BCUT2D eigenvalue weighted by atomic mass is 9.94. The molecular weight excluding hydrogens is 296 g/mol. The van der Waals surface area contributed by atoms with Gasteiger partial charge in [-0.1, -0.05) is 13.8 Å². The summed E-state index contributed by atoms with van der Waals surface area (Å²) in [4.78, 5) is 22.6. The number of nitro benzene ring substituents is 1. The molecule has 0 aliphatic heterocycles. The molecule has 0 atom stereocenters. The molecule has 0 heterocycles. The van der Waals surface area contributed by atoms with E-state index in [-0.39, 0.29) is 17.3 Å². The molecule has 1 N–H and O–H groups in total. The summed E-state index contributed by atoms with van der Waals surface area (Å²) in [6.07, 6.45) is 1.39. The van der Waals surface area contributed by atoms with E-state index in [4.69, 9.17) is 16.3 Å². The summed E-state index contributed by atoms with van der Waals surface area (Å²) in [5.74, 6) is 0.0280. The van der Waals surface area contributed by atoms with Crippen LogP contribution in [0.15, 0.2) is 18.2 Å². The first-order valence-electron chi connectivity index (χ1n) is 6.64. The highest BCUT2D eigenvalue weighted by molar-refractivity contribution is 6.19. The molecule has 0 fully saturated rings. The van der Waals surface area contributed by atoms with E-state index >= 15 is 0 Å². The van der Waals surface area contributed by atoms with Crippen molar-refractivity contribution in [2.75, 3.05) is 13.0 Å². The second kappa shape index (κ2) is 7.26. The lowest BCUT2D eigenvalue weighted by Gasteiger charge is -2.30. The minimum absolute atomic E-state index is 0.0529. The molecule has 0 aliphatic carbocycles. The van der Waals surface area contributed by atoms with Gasteiger partial charge in [-0.3, -0.25) is 14.9 Å². The SMILES string of the molecule is CCC(CC)(CCl)NC(=O)c1ccc([N+](=O)[O-])c(OC)c1. The fourth-order valence-corrected chi connectivity index (χ4v) is 2.38. The van der Waals surface area contributed by atoms with E-state index in [1.807, 2.05) is 13.8 Å². The number of methoxy groups -OCH3 is 1. The van der Waals surface area contributed by atoms with Crippen molar-refractivity contribution in [2.24, 2.45) is 0 Å². The summed E-state index contributed by atoms with van der Waals surface area (Å²) in [6, 6.07) is 4.02. The molecule has 6 nitrogen and oxygen atoms in total. The Hall–Kier alpha value is -1.82. The fraction of sp³-hybridized carbons (Fsp3) is 0.500. The van der Waals surface area contributed by atoms with Crippen LogP contribution < -0.4 is 10.1 Å². The van der Waals surface area contributed by atoms with Crippen LogP contribution in [0, 0.1) is 10.1 Å². The van der Waals surface area contributed by atoms with Gasteiger partial charge in [-0.15, -0.1) is 11.6 Å². The third kappa shape index (κ3) is 3.85. The number of amides is 1. The van der Waals surface area contributed by atoms with Crippen molar-refractivity contribution in [1.29, 1.82) is 0 Å². The number of carbonyl (C=O) groups is 1. The van der Waals surface area contributed by atoms with Crippen molar-refractivity contribution >= 4 is 23.2 Å². The van der Waals surface area contributed by atoms with Crippen molar-refractivity contribution < 1.29 is 14.5 Å². The van der Waals surface area contributed by atoms with E-state index < -0.39 is 10.5 Å². The van der Waals surface area contributed by atoms with Gasteiger partial charge < -0.3 is 10.1 Å². The fourth-order valence-electron chi connectivity index (χ4n) is 1.93. The quantitative estimate of drug-likeness (QED) is 0.476. The standard InChI is InChI=1S/C14H19ClN2O4/c1-4-14(5-2,9-15)16-13(18)10-6-7-11(17(19)20)12(8-10)21-3/h6-8H,4-5,9H2,1-3H3,(H,16,18). The van der Waals surface area contributed by atoms with Crippen LogP contribution in [0.3, 0.4) is 0 Å². The van der Waals surface area contributed by atoms with E-state index in [1.165, 1.54) is 25.3 Å². The second-order valence-corrected chi connectivity index (χ2v) is 4.99. The largest absolute Gasteiger partial charge is 0.490 e. The van der Waals surface area contributed by atoms with Gasteiger partial charge >= 0.3 is 5.69 Å². The number of ether oxygens (including phenoxy) is 1. The first-order chi connectivity index (χ1) is 9.92. The van der Waals surface area contributed by atoms with Crippen LogP contribution in [0.5, 0.6) is 5.75 Å². The number of rotatable bonds is 7. The van der Waals surface area contributed by atoms with Crippen LogP contribution in [0.2, 0.25) is 0 Å². The van der Waals surface area contributed by atoms with E-state index in [2.05, 4.69) is 5.32 Å². The highest BCUT2D eigenvalue weighted by Gasteiger charge is 2.28. The number of hydrogen-bond acceptors (Lipinski definition) is 4. The number of nitrogens with one attached hydrogen (secondary N) is 1. The summed E-state index contributed by atoms with van der Waals surface area (Å²) in [7, 11) is 1.32. The van der Waals surface area contributed by atoms with Crippen LogP contribution >= 0.6 is 11.6 Å². The van der Waals surface area contributed by atoms with Crippen molar-refractivity contribution in [3.05, 3.63) is 33.9 Å². The molecule has 0 aliphatic rings. The summed E-state index contributed by atoms with van der Waals surface area (Å²) in [5.41, 5.74) is -0.356. The molecule has 0 bridgehead atoms. The van der Waals surface area contributed by atoms with Gasteiger partial charge in [0.05, 0.1) is 17.6 Å². The Labute approximate surface area is 128 Å². The van der Waals surface area contributed by atoms with Gasteiger partial charge in [-0.05, 0) is 18.9 Å². The van der Waals surface area contributed by atoms with Crippen LogP contribution in [0.1, 0.15) is 37.0 Å². The van der Waals surface area contributed by atoms with Crippen molar-refractivity contribution in [2.45, 2.75) is 32.2 Å². The van der Waals surface area contributed by atoms with E-state index in [0.717, 1.165) is 0 Å². The number of hydrogen-bond donors (Lipinski definition) is 1. The molecule has 1 aromatic carbocycles. The molecule has 1 aromatic rings. The zero-order chi connectivity index (χ0) is 16.0.